The number of hydrogen-bond donors (Lipinski definition) is 0. The Hall–Kier alpha value is -0.839. The Morgan fingerprint density at radius 1 is 1.00 bits per heavy atom. The van der Waals surface area contributed by atoms with Crippen LogP contribution in [0.2, 0.25) is 58.9 Å². The quantitative estimate of drug-likeness (QED) is 0.309. The topological polar surface area (TPSA) is 31.7 Å². The monoisotopic (exact) mass is 396 g/mol. The molecule has 1 rings (SSSR count). The molecular weight excluding hydrogens is 365 g/mol. The van der Waals surface area contributed by atoms with Crippen LogP contribution < -0.4 is 0 Å². The van der Waals surface area contributed by atoms with Gasteiger partial charge in [-0.2, -0.15) is 5.10 Å². The van der Waals surface area contributed by atoms with E-state index >= 15 is 0 Å². The van der Waals surface area contributed by atoms with Gasteiger partial charge in [0, 0.05) is 18.0 Å². The molecule has 0 radical (unpaired) electrons. The van der Waals surface area contributed by atoms with Crippen molar-refractivity contribution < 1.29 is 0 Å². The Kier molecular flexibility index (Phi) is 6.70. The molecule has 0 amide bonds. The highest BCUT2D eigenvalue weighted by Gasteiger charge is 2.40. The first-order chi connectivity index (χ1) is 10.7. The van der Waals surface area contributed by atoms with E-state index in [0.717, 1.165) is 10.7 Å². The van der Waals surface area contributed by atoms with Crippen LogP contribution >= 0.6 is 12.2 Å². The number of pyridine rings is 1. The number of rotatable bonds is 5. The van der Waals surface area contributed by atoms with Crippen LogP contribution in [-0.2, 0) is 0 Å². The minimum atomic E-state index is -1.75. The van der Waals surface area contributed by atoms with Gasteiger partial charge < -0.3 is 4.23 Å². The van der Waals surface area contributed by atoms with Gasteiger partial charge in [0.2, 0.25) is 0 Å². The van der Waals surface area contributed by atoms with Crippen LogP contribution in [0.5, 0.6) is 0 Å². The van der Waals surface area contributed by atoms with Gasteiger partial charge in [0.1, 0.15) is 16.5 Å². The largest absolute Gasteiger partial charge is 0.402 e. The van der Waals surface area contributed by atoms with E-state index in [2.05, 4.69) is 72.8 Å². The van der Waals surface area contributed by atoms with E-state index in [0.29, 0.717) is 0 Å². The molecule has 0 aliphatic carbocycles. The van der Waals surface area contributed by atoms with Gasteiger partial charge in [0.15, 0.2) is 13.3 Å². The maximum Gasteiger partial charge on any atom is 0.179 e. The van der Waals surface area contributed by atoms with E-state index in [9.17, 15) is 0 Å². The summed E-state index contributed by atoms with van der Waals surface area (Å²) in [7, 11) is -4.92. The molecule has 1 heterocycles. The molecule has 4 nitrogen and oxygen atoms in total. The lowest BCUT2D eigenvalue weighted by molar-refractivity contribution is 0.622. The van der Waals surface area contributed by atoms with Gasteiger partial charge in [0.25, 0.3) is 0 Å². The molecule has 0 spiro atoms. The molecule has 0 saturated heterocycles. The Morgan fingerprint density at radius 3 is 1.92 bits per heavy atom. The van der Waals surface area contributed by atoms with Crippen LogP contribution in [0.1, 0.15) is 5.56 Å². The van der Waals surface area contributed by atoms with Crippen molar-refractivity contribution in [2.75, 3.05) is 0 Å². The lowest BCUT2D eigenvalue weighted by Gasteiger charge is -2.49. The second-order valence-electron chi connectivity index (χ2n) is 8.97. The van der Waals surface area contributed by atoms with Gasteiger partial charge in [0.05, 0.1) is 6.21 Å². The third kappa shape index (κ3) is 5.91. The van der Waals surface area contributed by atoms with Gasteiger partial charge in [-0.25, -0.2) is 0 Å². The molecule has 0 unspecified atom stereocenters. The van der Waals surface area contributed by atoms with Crippen molar-refractivity contribution in [2.45, 2.75) is 58.9 Å². The van der Waals surface area contributed by atoms with Crippen molar-refractivity contribution in [1.82, 2.24) is 13.9 Å². The molecule has 24 heavy (non-hydrogen) atoms. The highest BCUT2D eigenvalue weighted by atomic mass is 32.1. The van der Waals surface area contributed by atoms with E-state index < -0.39 is 24.7 Å². The lowest BCUT2D eigenvalue weighted by atomic mass is 10.3. The average molecular weight is 397 g/mol. The van der Waals surface area contributed by atoms with Crippen LogP contribution in [0.15, 0.2) is 29.6 Å². The molecule has 0 saturated carbocycles. The SMILES string of the molecule is C[Si](C)(C)N(/N=C/c1cccnc1)C(=S)N([Si](C)(C)C)[Si](C)(C)C. The Balaban J connectivity index is 3.25. The lowest BCUT2D eigenvalue weighted by Crippen LogP contribution is -2.66. The first-order valence-corrected chi connectivity index (χ1v) is 19.1. The average Bonchev–Trinajstić information content (AvgIpc) is 2.34. The first kappa shape index (κ1) is 21.2. The number of thiocarbonyl (C=S) groups is 1. The van der Waals surface area contributed by atoms with Gasteiger partial charge >= 0.3 is 0 Å². The molecule has 134 valence electrons. The van der Waals surface area contributed by atoms with Crippen molar-refractivity contribution in [2.24, 2.45) is 5.10 Å². The van der Waals surface area contributed by atoms with E-state index in [4.69, 9.17) is 17.3 Å². The van der Waals surface area contributed by atoms with Gasteiger partial charge in [-0.1, -0.05) is 45.3 Å². The summed E-state index contributed by atoms with van der Waals surface area (Å²) in [5.74, 6) is 0. The van der Waals surface area contributed by atoms with Crippen molar-refractivity contribution in [3.05, 3.63) is 30.1 Å². The van der Waals surface area contributed by atoms with Gasteiger partial charge in [-0.05, 0) is 37.9 Å². The predicted octanol–water partition coefficient (Wildman–Crippen LogP) is 4.81. The zero-order valence-electron chi connectivity index (χ0n) is 16.6. The van der Waals surface area contributed by atoms with E-state index in [1.54, 1.807) is 6.20 Å². The highest BCUT2D eigenvalue weighted by Crippen LogP contribution is 2.25. The summed E-state index contributed by atoms with van der Waals surface area (Å²) >= 11 is 5.98. The second kappa shape index (κ2) is 7.59. The highest BCUT2D eigenvalue weighted by molar-refractivity contribution is 7.80. The van der Waals surface area contributed by atoms with Crippen LogP contribution in [0.3, 0.4) is 0 Å². The summed E-state index contributed by atoms with van der Waals surface area (Å²) in [6.45, 7) is 21.0. The van der Waals surface area contributed by atoms with Crippen molar-refractivity contribution in [1.29, 1.82) is 0 Å². The zero-order chi connectivity index (χ0) is 18.8. The van der Waals surface area contributed by atoms with Crippen LogP contribution in [0.4, 0.5) is 0 Å². The fraction of sp³-hybridized carbons (Fsp3) is 0.562. The molecule has 0 fully saturated rings. The summed E-state index contributed by atoms with van der Waals surface area (Å²) < 4.78 is 4.69. The first-order valence-electron chi connectivity index (χ1n) is 8.33. The fourth-order valence-electron chi connectivity index (χ4n) is 2.76. The number of hydrazone groups is 1. The van der Waals surface area contributed by atoms with Crippen molar-refractivity contribution >= 4 is 48.3 Å². The fourth-order valence-corrected chi connectivity index (χ4v) is 15.9. The molecule has 0 N–H and O–H groups in total. The smallest absolute Gasteiger partial charge is 0.179 e. The predicted molar refractivity (Wildman–Crippen MR) is 118 cm³/mol. The molecular formula is C16H32N4SSi3. The molecule has 1 aromatic rings. The number of hydrogen-bond acceptors (Lipinski definition) is 3. The van der Waals surface area contributed by atoms with E-state index in [-0.39, 0.29) is 0 Å². The summed E-state index contributed by atoms with van der Waals surface area (Å²) in [5, 5.41) is 5.71. The van der Waals surface area contributed by atoms with Crippen LogP contribution in [-0.4, -0.2) is 49.9 Å². The number of nitrogens with zero attached hydrogens (tertiary/aromatic N) is 4. The molecule has 0 aromatic carbocycles. The van der Waals surface area contributed by atoms with Crippen LogP contribution in [0.25, 0.3) is 0 Å². The minimum absolute atomic E-state index is 0.910. The van der Waals surface area contributed by atoms with Crippen molar-refractivity contribution in [3.8, 4) is 0 Å². The van der Waals surface area contributed by atoms with Gasteiger partial charge in [-0.3, -0.25) is 9.66 Å². The summed E-state index contributed by atoms with van der Waals surface area (Å²) in [5.41, 5.74) is 0.996. The molecule has 0 aliphatic heterocycles. The summed E-state index contributed by atoms with van der Waals surface area (Å²) in [4.78, 5) is 4.16. The maximum atomic E-state index is 5.98. The third-order valence-corrected chi connectivity index (χ3v) is 12.9. The molecule has 1 aromatic heterocycles. The van der Waals surface area contributed by atoms with Crippen molar-refractivity contribution in [3.63, 3.8) is 0 Å². The van der Waals surface area contributed by atoms with Crippen LogP contribution in [0, 0.1) is 0 Å². The molecule has 0 bridgehead atoms. The van der Waals surface area contributed by atoms with E-state index in [1.807, 2.05) is 24.5 Å². The summed E-state index contributed by atoms with van der Waals surface area (Å²) in [6, 6.07) is 3.94. The van der Waals surface area contributed by atoms with E-state index in [1.165, 1.54) is 0 Å². The Bertz CT molecular complexity index is 572. The third-order valence-electron chi connectivity index (χ3n) is 3.36. The Labute approximate surface area is 156 Å². The maximum absolute atomic E-state index is 5.98. The zero-order valence-corrected chi connectivity index (χ0v) is 20.4. The normalized spacial score (nSPS) is 13.2. The number of aromatic nitrogens is 1. The molecule has 8 heteroatoms. The molecule has 0 atom stereocenters. The second-order valence-corrected chi connectivity index (χ2v) is 24.1. The minimum Gasteiger partial charge on any atom is -0.402 e. The molecule has 0 aliphatic rings. The van der Waals surface area contributed by atoms with Gasteiger partial charge in [-0.15, -0.1) is 0 Å². The Morgan fingerprint density at radius 2 is 1.54 bits per heavy atom. The summed E-state index contributed by atoms with van der Waals surface area (Å²) in [6.07, 6.45) is 5.48. The standard InChI is InChI=1S/C16H32N4SSi3/c1-22(2,3)19(18-14-15-11-10-12-17-13-15)16(21)20(23(4,5)6)24(7,8)9/h10-14H,1-9H3/b18-14+.